The van der Waals surface area contributed by atoms with E-state index in [4.69, 9.17) is 25.1 Å². The Morgan fingerprint density at radius 3 is 1.96 bits per heavy atom. The van der Waals surface area contributed by atoms with Crippen molar-refractivity contribution in [1.82, 2.24) is 0 Å². The largest absolute Gasteiger partial charge is 0.394 e. The smallest absolute Gasteiger partial charge is 0.184 e. The van der Waals surface area contributed by atoms with E-state index in [1.165, 1.54) is 0 Å². The number of hydrogen-bond donors (Lipinski definition) is 8. The summed E-state index contributed by atoms with van der Waals surface area (Å²) in [7, 11) is 0. The van der Waals surface area contributed by atoms with Crippen molar-refractivity contribution in [2.45, 2.75) is 61.3 Å². The minimum atomic E-state index is -1.71. The van der Waals surface area contributed by atoms with Gasteiger partial charge in [0.25, 0.3) is 0 Å². The Morgan fingerprint density at radius 2 is 1.39 bits per heavy atom. The van der Waals surface area contributed by atoms with Gasteiger partial charge in [-0.1, -0.05) is 0 Å². The zero-order valence-electron chi connectivity index (χ0n) is 12.1. The molecule has 0 spiro atoms. The van der Waals surface area contributed by atoms with Gasteiger partial charge in [0, 0.05) is 0 Å². The molecule has 0 saturated carbocycles. The van der Waals surface area contributed by atoms with Gasteiger partial charge in [0.2, 0.25) is 0 Å². The van der Waals surface area contributed by atoms with Crippen molar-refractivity contribution in [3.8, 4) is 0 Å². The average Bonchev–Trinajstić information content (AvgIpc) is 2.55. The zero-order chi connectivity index (χ0) is 17.3. The third-order valence-corrected chi connectivity index (χ3v) is 4.06. The molecule has 2 fully saturated rings. The molecule has 9 N–H and O–H groups in total. The second kappa shape index (κ2) is 7.63. The predicted octanol–water partition coefficient (Wildman–Crippen LogP) is -5.43. The van der Waals surface area contributed by atoms with E-state index in [1.54, 1.807) is 0 Å². The van der Waals surface area contributed by atoms with Crippen molar-refractivity contribution in [3.05, 3.63) is 0 Å². The normalized spacial score (nSPS) is 51.7. The molecule has 0 aromatic heterocycles. The summed E-state index contributed by atoms with van der Waals surface area (Å²) in [5.41, 5.74) is 5.70. The SMILES string of the molecule is N[C@H]1[C@@H](O[C@H]2[C@H](O)[C@@H](O)[C@@H](O)O[C@@H]2CO)O[C@H](CO)[C@@H](O)[C@@H]1O. The highest BCUT2D eigenvalue weighted by molar-refractivity contribution is 4.95. The fraction of sp³-hybridized carbons (Fsp3) is 1.00. The summed E-state index contributed by atoms with van der Waals surface area (Å²) in [5.74, 6) is 0. The van der Waals surface area contributed by atoms with E-state index in [0.29, 0.717) is 0 Å². The van der Waals surface area contributed by atoms with Gasteiger partial charge in [0.1, 0.15) is 42.7 Å². The molecule has 2 rings (SSSR count). The molecule has 23 heavy (non-hydrogen) atoms. The molecule has 2 aliphatic rings. The molecule has 2 saturated heterocycles. The molecule has 2 aliphatic heterocycles. The van der Waals surface area contributed by atoms with Crippen molar-refractivity contribution in [3.63, 3.8) is 0 Å². The van der Waals surface area contributed by atoms with Crippen LogP contribution < -0.4 is 5.73 Å². The van der Waals surface area contributed by atoms with Crippen molar-refractivity contribution in [2.24, 2.45) is 5.73 Å². The summed E-state index contributed by atoms with van der Waals surface area (Å²) < 4.78 is 15.6. The first-order valence-electron chi connectivity index (χ1n) is 7.15. The van der Waals surface area contributed by atoms with Crippen LogP contribution in [0.15, 0.2) is 0 Å². The maximum absolute atomic E-state index is 9.98. The highest BCUT2D eigenvalue weighted by atomic mass is 16.7. The number of hydrogen-bond acceptors (Lipinski definition) is 11. The van der Waals surface area contributed by atoms with Gasteiger partial charge >= 0.3 is 0 Å². The van der Waals surface area contributed by atoms with E-state index in [1.807, 2.05) is 0 Å². The monoisotopic (exact) mass is 341 g/mol. The summed E-state index contributed by atoms with van der Waals surface area (Å²) >= 11 is 0. The van der Waals surface area contributed by atoms with E-state index >= 15 is 0 Å². The fourth-order valence-corrected chi connectivity index (χ4v) is 2.62. The molecule has 10 atom stereocenters. The quantitative estimate of drug-likeness (QED) is 0.243. The van der Waals surface area contributed by atoms with Crippen LogP contribution in [0.2, 0.25) is 0 Å². The average molecular weight is 341 g/mol. The first-order chi connectivity index (χ1) is 10.8. The van der Waals surface area contributed by atoms with Gasteiger partial charge in [-0.15, -0.1) is 0 Å². The lowest BCUT2D eigenvalue weighted by molar-refractivity contribution is -0.339. The van der Waals surface area contributed by atoms with Crippen LogP contribution in [-0.4, -0.2) is 110 Å². The lowest BCUT2D eigenvalue weighted by atomic mass is 9.96. The number of aliphatic hydroxyl groups is 7. The van der Waals surface area contributed by atoms with Crippen molar-refractivity contribution >= 4 is 0 Å². The molecule has 136 valence electrons. The highest BCUT2D eigenvalue weighted by Crippen LogP contribution is 2.27. The first kappa shape index (κ1) is 18.9. The maximum atomic E-state index is 9.98. The molecule has 0 bridgehead atoms. The Bertz CT molecular complexity index is 383. The van der Waals surface area contributed by atoms with E-state index in [-0.39, 0.29) is 0 Å². The Kier molecular flexibility index (Phi) is 6.27. The lowest BCUT2D eigenvalue weighted by Gasteiger charge is -2.45. The van der Waals surface area contributed by atoms with Crippen LogP contribution >= 0.6 is 0 Å². The summed E-state index contributed by atoms with van der Waals surface area (Å²) in [6, 6.07) is -1.22. The first-order valence-corrected chi connectivity index (χ1v) is 7.15. The van der Waals surface area contributed by atoms with Gasteiger partial charge in [-0.25, -0.2) is 0 Å². The standard InChI is InChI=1S/C12H23NO10/c13-5-7(17)6(16)3(1-14)22-12(5)23-10-4(2-15)21-11(20)9(19)8(10)18/h3-12,14-20H,1-2,13H2/t3-,4-,5-,6-,7-,8-,9-,10-,11+,12-/m1/s1. The third-order valence-electron chi connectivity index (χ3n) is 4.06. The van der Waals surface area contributed by atoms with Crippen molar-refractivity contribution in [2.75, 3.05) is 13.2 Å². The van der Waals surface area contributed by atoms with Crippen LogP contribution in [0.4, 0.5) is 0 Å². The summed E-state index contributed by atoms with van der Waals surface area (Å²) in [5, 5.41) is 67.0. The minimum Gasteiger partial charge on any atom is -0.394 e. The molecule has 0 aliphatic carbocycles. The predicted molar refractivity (Wildman–Crippen MR) is 70.6 cm³/mol. The maximum Gasteiger partial charge on any atom is 0.184 e. The number of nitrogens with two attached hydrogens (primary N) is 1. The van der Waals surface area contributed by atoms with Gasteiger partial charge < -0.3 is 55.7 Å². The van der Waals surface area contributed by atoms with Gasteiger partial charge in [0.05, 0.1) is 19.3 Å². The van der Waals surface area contributed by atoms with Crippen LogP contribution in [0.25, 0.3) is 0 Å². The molecule has 0 amide bonds. The second-order valence-corrected chi connectivity index (χ2v) is 5.61. The van der Waals surface area contributed by atoms with Crippen LogP contribution in [0.1, 0.15) is 0 Å². The van der Waals surface area contributed by atoms with Crippen LogP contribution in [-0.2, 0) is 14.2 Å². The summed E-state index contributed by atoms with van der Waals surface area (Å²) in [6.45, 7) is -1.25. The third kappa shape index (κ3) is 3.65. The summed E-state index contributed by atoms with van der Waals surface area (Å²) in [4.78, 5) is 0. The number of ether oxygens (including phenoxy) is 3. The highest BCUT2D eigenvalue weighted by Gasteiger charge is 2.49. The van der Waals surface area contributed by atoms with E-state index < -0.39 is 74.6 Å². The van der Waals surface area contributed by atoms with E-state index in [2.05, 4.69) is 0 Å². The molecule has 0 unspecified atom stereocenters. The van der Waals surface area contributed by atoms with Gasteiger partial charge in [0.15, 0.2) is 12.6 Å². The minimum absolute atomic E-state index is 0.612. The van der Waals surface area contributed by atoms with Crippen molar-refractivity contribution in [1.29, 1.82) is 0 Å². The Labute approximate surface area is 131 Å². The summed E-state index contributed by atoms with van der Waals surface area (Å²) in [6.07, 6.45) is -12.9. The van der Waals surface area contributed by atoms with Crippen LogP contribution in [0, 0.1) is 0 Å². The molecule has 0 aromatic rings. The molecule has 11 heteroatoms. The fourth-order valence-electron chi connectivity index (χ4n) is 2.62. The Balaban J connectivity index is 2.11. The molecule has 2 heterocycles. The van der Waals surface area contributed by atoms with E-state index in [0.717, 1.165) is 0 Å². The number of aliphatic hydroxyl groups excluding tert-OH is 7. The molecule has 11 nitrogen and oxygen atoms in total. The second-order valence-electron chi connectivity index (χ2n) is 5.61. The Morgan fingerprint density at radius 1 is 0.783 bits per heavy atom. The van der Waals surface area contributed by atoms with E-state index in [9.17, 15) is 30.6 Å². The molecular weight excluding hydrogens is 318 g/mol. The van der Waals surface area contributed by atoms with Gasteiger partial charge in [-0.05, 0) is 0 Å². The molecular formula is C12H23NO10. The lowest BCUT2D eigenvalue weighted by Crippen LogP contribution is -2.66. The Hall–Kier alpha value is -0.440. The molecule has 0 aromatic carbocycles. The van der Waals surface area contributed by atoms with Crippen molar-refractivity contribution < 1.29 is 50.0 Å². The molecule has 0 radical (unpaired) electrons. The van der Waals surface area contributed by atoms with Gasteiger partial charge in [-0.2, -0.15) is 0 Å². The van der Waals surface area contributed by atoms with Crippen LogP contribution in [0.3, 0.4) is 0 Å². The number of rotatable bonds is 4. The van der Waals surface area contributed by atoms with Gasteiger partial charge in [-0.3, -0.25) is 0 Å². The topological polar surface area (TPSA) is 195 Å². The van der Waals surface area contributed by atoms with Crippen LogP contribution in [0.5, 0.6) is 0 Å². The zero-order valence-corrected chi connectivity index (χ0v) is 12.1.